The van der Waals surface area contributed by atoms with Crippen molar-refractivity contribution < 1.29 is 13.3 Å². The van der Waals surface area contributed by atoms with E-state index in [-0.39, 0.29) is 16.2 Å². The lowest BCUT2D eigenvalue weighted by molar-refractivity contribution is 0.657. The van der Waals surface area contributed by atoms with Crippen LogP contribution in [0.2, 0.25) is 0 Å². The molecule has 0 saturated carbocycles. The molecule has 0 N–H and O–H groups in total. The van der Waals surface area contributed by atoms with Gasteiger partial charge >= 0.3 is 0 Å². The first kappa shape index (κ1) is 71.5. The first-order valence-corrected chi connectivity index (χ1v) is 41.0. The molecule has 0 atom stereocenters. The summed E-state index contributed by atoms with van der Waals surface area (Å²) in [6.07, 6.45) is 0. The van der Waals surface area contributed by atoms with Crippen LogP contribution in [0.1, 0.15) is 74.9 Å². The van der Waals surface area contributed by atoms with E-state index in [0.717, 1.165) is 195 Å². The Morgan fingerprint density at radius 2 is 0.500 bits per heavy atom. The highest BCUT2D eigenvalue weighted by atomic mass is 16.3. The summed E-state index contributed by atoms with van der Waals surface area (Å²) in [6.45, 7) is 13.7. The molecule has 6 heterocycles. The molecule has 24 rings (SSSR count). The van der Waals surface area contributed by atoms with E-state index in [9.17, 15) is 0 Å². The molecule has 0 spiro atoms. The standard InChI is InChI=1S/3C37H26N2O/c1-37(2)30-21-20-25(26-17-11-18-28-27-16-9-10-19-31(27)40-35(26)28)22-29(30)34-32(37)33(23-12-5-3-6-13-23)38-36(39-34)24-14-7-4-8-15-24;1-37(2)30-22-25(26-17-11-18-28-27-16-9-10-19-31(27)40-35(26)28)20-21-29(30)34-32(37)33(23-12-5-3-6-13-23)38-36(39-34)24-14-7-4-8-15-24;1-37(2)30-14-8-6-13-28(30)35-33(37)34(38-36(39-35)25-10-4-3-5-11-25)24-18-16-23(17-19-24)26-20-21-32-29(22-26)27-12-7-9-15-31(27)40-32/h3*3-22H,1-2H3. The molecule has 6 aromatic heterocycles. The zero-order valence-corrected chi connectivity index (χ0v) is 67.0. The fourth-order valence-electron chi connectivity index (χ4n) is 18.9. The van der Waals surface area contributed by atoms with Crippen LogP contribution in [0.3, 0.4) is 0 Å². The monoisotopic (exact) mass is 1540 g/mol. The Bertz CT molecular complexity index is 7660. The number of furan rings is 3. The van der Waals surface area contributed by atoms with Crippen molar-refractivity contribution in [1.82, 2.24) is 29.9 Å². The van der Waals surface area contributed by atoms with Crippen LogP contribution in [0.15, 0.2) is 377 Å². The van der Waals surface area contributed by atoms with E-state index < -0.39 is 0 Å². The SMILES string of the molecule is CC1(C)c2cc(-c3cccc4c3oc3ccccc34)ccc2-c2nc(-c3ccccc3)nc(-c3ccccc3)c21.CC1(C)c2ccc(-c3cccc4c3oc3ccccc34)cc2-c2nc(-c3ccccc3)nc(-c3ccccc3)c21.CC1(C)c2ccccc2-c2nc(-c3ccccc3)nc(-c3ccc(-c4ccc5oc6ccccc6c5c4)cc3)c21. The summed E-state index contributed by atoms with van der Waals surface area (Å²) in [7, 11) is 0. The van der Waals surface area contributed by atoms with E-state index >= 15 is 0 Å². The summed E-state index contributed by atoms with van der Waals surface area (Å²) in [6, 6.07) is 127. The summed E-state index contributed by atoms with van der Waals surface area (Å²) in [5.41, 5.74) is 34.7. The zero-order chi connectivity index (χ0) is 80.5. The van der Waals surface area contributed by atoms with Gasteiger partial charge in [-0.15, -0.1) is 0 Å². The Hall–Kier alpha value is -15.1. The van der Waals surface area contributed by atoms with Gasteiger partial charge in [-0.25, -0.2) is 29.9 Å². The summed E-state index contributed by atoms with van der Waals surface area (Å²) < 4.78 is 18.8. The van der Waals surface area contributed by atoms with Crippen molar-refractivity contribution in [2.45, 2.75) is 57.8 Å². The highest BCUT2D eigenvalue weighted by molar-refractivity contribution is 6.12. The first-order chi connectivity index (χ1) is 58.8. The molecule has 0 radical (unpaired) electrons. The van der Waals surface area contributed by atoms with Gasteiger partial charge in [-0.3, -0.25) is 0 Å². The molecule has 0 bridgehead atoms. The van der Waals surface area contributed by atoms with E-state index in [1.165, 1.54) is 38.9 Å². The van der Waals surface area contributed by atoms with Gasteiger partial charge < -0.3 is 13.3 Å². The third-order valence-corrected chi connectivity index (χ3v) is 24.8. The average Bonchev–Trinajstić information content (AvgIpc) is 1.57. The maximum Gasteiger partial charge on any atom is 0.160 e. The lowest BCUT2D eigenvalue weighted by Gasteiger charge is -2.24. The van der Waals surface area contributed by atoms with E-state index in [0.29, 0.717) is 0 Å². The van der Waals surface area contributed by atoms with Crippen molar-refractivity contribution in [2.24, 2.45) is 0 Å². The lowest BCUT2D eigenvalue weighted by Crippen LogP contribution is -2.17. The number of fused-ring (bicyclic) bond motifs is 18. The van der Waals surface area contributed by atoms with Crippen molar-refractivity contribution in [1.29, 1.82) is 0 Å². The Kier molecular flexibility index (Phi) is 16.7. The quantitative estimate of drug-likeness (QED) is 0.139. The number of nitrogens with zero attached hydrogens (tertiary/aromatic N) is 6. The Labute approximate surface area is 694 Å². The van der Waals surface area contributed by atoms with Gasteiger partial charge in [0.1, 0.15) is 33.5 Å². The molecule has 15 aromatic carbocycles. The third kappa shape index (κ3) is 11.7. The highest BCUT2D eigenvalue weighted by Crippen LogP contribution is 2.57. The fraction of sp³-hybridized carbons (Fsp3) is 0.0811. The molecule has 3 aliphatic rings. The number of aromatic nitrogens is 6. The highest BCUT2D eigenvalue weighted by Gasteiger charge is 2.44. The number of rotatable bonds is 9. The van der Waals surface area contributed by atoms with Gasteiger partial charge in [0.2, 0.25) is 0 Å². The van der Waals surface area contributed by atoms with E-state index in [1.807, 2.05) is 103 Å². The van der Waals surface area contributed by atoms with Crippen LogP contribution < -0.4 is 0 Å². The molecule has 0 amide bonds. The zero-order valence-electron chi connectivity index (χ0n) is 67.0. The summed E-state index contributed by atoms with van der Waals surface area (Å²) in [5.74, 6) is 2.24. The number of hydrogen-bond donors (Lipinski definition) is 0. The van der Waals surface area contributed by atoms with Crippen LogP contribution >= 0.6 is 0 Å². The summed E-state index contributed by atoms with van der Waals surface area (Å²) >= 11 is 0. The molecule has 0 fully saturated rings. The number of hydrogen-bond acceptors (Lipinski definition) is 9. The Morgan fingerprint density at radius 3 is 0.992 bits per heavy atom. The van der Waals surface area contributed by atoms with Gasteiger partial charge in [0.25, 0.3) is 0 Å². The van der Waals surface area contributed by atoms with Crippen molar-refractivity contribution in [3.8, 4) is 135 Å². The van der Waals surface area contributed by atoms with Crippen molar-refractivity contribution in [3.05, 3.63) is 397 Å². The smallest absolute Gasteiger partial charge is 0.160 e. The second-order valence-electron chi connectivity index (χ2n) is 33.1. The van der Waals surface area contributed by atoms with Gasteiger partial charge in [-0.2, -0.15) is 0 Å². The molecular formula is C111H78N6O3. The topological polar surface area (TPSA) is 117 Å². The summed E-state index contributed by atoms with van der Waals surface area (Å²) in [5, 5.41) is 6.83. The van der Waals surface area contributed by atoms with Crippen LogP contribution in [0.25, 0.3) is 201 Å². The first-order valence-electron chi connectivity index (χ1n) is 41.0. The minimum Gasteiger partial charge on any atom is -0.456 e. The van der Waals surface area contributed by atoms with E-state index in [2.05, 4.69) is 302 Å². The van der Waals surface area contributed by atoms with Gasteiger partial charge in [0, 0.05) is 126 Å². The van der Waals surface area contributed by atoms with E-state index in [1.54, 1.807) is 0 Å². The Morgan fingerprint density at radius 1 is 0.183 bits per heavy atom. The van der Waals surface area contributed by atoms with Crippen molar-refractivity contribution in [2.75, 3.05) is 0 Å². The predicted octanol–water partition coefficient (Wildman–Crippen LogP) is 29.0. The second kappa shape index (κ2) is 28.1. The molecule has 0 aliphatic heterocycles. The van der Waals surface area contributed by atoms with Crippen LogP contribution in [-0.2, 0) is 16.2 Å². The van der Waals surface area contributed by atoms with E-state index in [4.69, 9.17) is 43.2 Å². The number of benzene rings is 15. The molecule has 21 aromatic rings. The third-order valence-electron chi connectivity index (χ3n) is 24.8. The van der Waals surface area contributed by atoms with Gasteiger partial charge in [0.05, 0.1) is 34.2 Å². The minimum atomic E-state index is -0.289. The molecule has 9 heteroatoms. The molecule has 120 heavy (non-hydrogen) atoms. The fourth-order valence-corrected chi connectivity index (χ4v) is 18.9. The molecule has 3 aliphatic carbocycles. The minimum absolute atomic E-state index is 0.206. The van der Waals surface area contributed by atoms with Crippen LogP contribution in [-0.4, -0.2) is 29.9 Å². The Balaban J connectivity index is 0.000000108. The largest absolute Gasteiger partial charge is 0.456 e. The van der Waals surface area contributed by atoms with Gasteiger partial charge in [0.15, 0.2) is 17.5 Å². The van der Waals surface area contributed by atoms with Crippen LogP contribution in [0.5, 0.6) is 0 Å². The average molecular weight is 1540 g/mol. The summed E-state index contributed by atoms with van der Waals surface area (Å²) in [4.78, 5) is 31.2. The lowest BCUT2D eigenvalue weighted by atomic mass is 9.80. The maximum absolute atomic E-state index is 6.40. The molecule has 0 unspecified atom stereocenters. The van der Waals surface area contributed by atoms with Crippen LogP contribution in [0.4, 0.5) is 0 Å². The molecule has 0 saturated heterocycles. The molecule has 570 valence electrons. The molecular weight excluding hydrogens is 1470 g/mol. The van der Waals surface area contributed by atoms with Gasteiger partial charge in [-0.1, -0.05) is 363 Å². The normalized spacial score (nSPS) is 13.4. The van der Waals surface area contributed by atoms with Crippen molar-refractivity contribution in [3.63, 3.8) is 0 Å². The predicted molar refractivity (Wildman–Crippen MR) is 490 cm³/mol. The van der Waals surface area contributed by atoms with Gasteiger partial charge in [-0.05, 0) is 81.4 Å². The molecule has 9 nitrogen and oxygen atoms in total. The maximum atomic E-state index is 6.40. The second-order valence-corrected chi connectivity index (χ2v) is 33.1. The van der Waals surface area contributed by atoms with Crippen molar-refractivity contribution >= 4 is 65.8 Å². The van der Waals surface area contributed by atoms with Crippen LogP contribution in [0, 0.1) is 0 Å². The number of para-hydroxylation sites is 5.